The Balaban J connectivity index is 1.60. The Morgan fingerprint density at radius 1 is 1.32 bits per heavy atom. The molecule has 19 heavy (non-hydrogen) atoms. The van der Waals surface area contributed by atoms with Gasteiger partial charge in [0.2, 0.25) is 5.91 Å². The summed E-state index contributed by atoms with van der Waals surface area (Å²) in [6, 6.07) is 8.26. The summed E-state index contributed by atoms with van der Waals surface area (Å²) in [6.07, 6.45) is 5.45. The molecule has 0 heterocycles. The van der Waals surface area contributed by atoms with E-state index in [1.807, 2.05) is 12.1 Å². The normalized spacial score (nSPS) is 26.4. The lowest BCUT2D eigenvalue weighted by atomic mass is 9.80. The molecule has 2 aliphatic rings. The summed E-state index contributed by atoms with van der Waals surface area (Å²) in [5, 5.41) is 13.6. The summed E-state index contributed by atoms with van der Waals surface area (Å²) >= 11 is 0. The fourth-order valence-corrected chi connectivity index (χ4v) is 3.00. The Hall–Kier alpha value is -1.35. The number of hydrogen-bond acceptors (Lipinski definition) is 2. The van der Waals surface area contributed by atoms with Gasteiger partial charge >= 0.3 is 0 Å². The molecule has 1 aromatic carbocycles. The zero-order chi connectivity index (χ0) is 13.3. The number of fused-ring (bicyclic) bond motifs is 1. The van der Waals surface area contributed by atoms with Crippen LogP contribution in [0.5, 0.6) is 0 Å². The molecule has 1 atom stereocenters. The van der Waals surface area contributed by atoms with Gasteiger partial charge in [-0.05, 0) is 36.8 Å². The summed E-state index contributed by atoms with van der Waals surface area (Å²) in [5.41, 5.74) is 1.78. The fourth-order valence-electron chi connectivity index (χ4n) is 3.00. The fraction of sp³-hybridized carbons (Fsp3) is 0.562. The lowest BCUT2D eigenvalue weighted by molar-refractivity contribution is -0.128. The second kappa shape index (κ2) is 4.97. The van der Waals surface area contributed by atoms with Crippen LogP contribution in [0.1, 0.15) is 36.8 Å². The van der Waals surface area contributed by atoms with Gasteiger partial charge in [0.15, 0.2) is 0 Å². The number of carbonyl (C=O) groups is 1. The molecule has 3 heteroatoms. The van der Waals surface area contributed by atoms with E-state index in [0.717, 1.165) is 32.1 Å². The molecule has 1 aromatic rings. The summed E-state index contributed by atoms with van der Waals surface area (Å²) in [7, 11) is 0. The van der Waals surface area contributed by atoms with Crippen molar-refractivity contribution in [3.63, 3.8) is 0 Å². The van der Waals surface area contributed by atoms with E-state index in [2.05, 4.69) is 17.4 Å². The van der Waals surface area contributed by atoms with Gasteiger partial charge < -0.3 is 10.4 Å². The van der Waals surface area contributed by atoms with E-state index in [1.54, 1.807) is 0 Å². The SMILES string of the molecule is O=C(NCC1(O)CCc2ccccc2C1)C1CCC1. The number of benzene rings is 1. The molecule has 2 N–H and O–H groups in total. The molecule has 2 aliphatic carbocycles. The Labute approximate surface area is 114 Å². The van der Waals surface area contributed by atoms with Crippen molar-refractivity contribution in [2.45, 2.75) is 44.1 Å². The van der Waals surface area contributed by atoms with Crippen LogP contribution in [-0.2, 0) is 17.6 Å². The van der Waals surface area contributed by atoms with Gasteiger partial charge in [-0.3, -0.25) is 4.79 Å². The lowest BCUT2D eigenvalue weighted by Crippen LogP contribution is -2.48. The number of nitrogens with one attached hydrogen (secondary N) is 1. The third-order valence-corrected chi connectivity index (χ3v) is 4.57. The van der Waals surface area contributed by atoms with Crippen molar-refractivity contribution in [3.8, 4) is 0 Å². The number of aliphatic hydroxyl groups is 1. The molecule has 0 bridgehead atoms. The van der Waals surface area contributed by atoms with Crippen LogP contribution in [0, 0.1) is 5.92 Å². The van der Waals surface area contributed by atoms with E-state index in [-0.39, 0.29) is 11.8 Å². The highest BCUT2D eigenvalue weighted by Gasteiger charge is 2.33. The maximum atomic E-state index is 11.8. The molecule has 3 nitrogen and oxygen atoms in total. The first-order valence-corrected chi connectivity index (χ1v) is 7.23. The number of carbonyl (C=O) groups excluding carboxylic acids is 1. The van der Waals surface area contributed by atoms with Crippen molar-refractivity contribution in [1.82, 2.24) is 5.32 Å². The van der Waals surface area contributed by atoms with E-state index in [4.69, 9.17) is 0 Å². The van der Waals surface area contributed by atoms with E-state index in [9.17, 15) is 9.90 Å². The maximum Gasteiger partial charge on any atom is 0.223 e. The summed E-state index contributed by atoms with van der Waals surface area (Å²) in [5.74, 6) is 0.318. The van der Waals surface area contributed by atoms with Crippen LogP contribution < -0.4 is 5.32 Å². The first-order valence-electron chi connectivity index (χ1n) is 7.23. The molecule has 3 rings (SSSR count). The first kappa shape index (κ1) is 12.7. The molecule has 1 saturated carbocycles. The Morgan fingerprint density at radius 3 is 2.74 bits per heavy atom. The number of rotatable bonds is 3. The van der Waals surface area contributed by atoms with E-state index < -0.39 is 5.60 Å². The van der Waals surface area contributed by atoms with Crippen molar-refractivity contribution in [1.29, 1.82) is 0 Å². The zero-order valence-electron chi connectivity index (χ0n) is 11.2. The molecule has 0 aromatic heterocycles. The van der Waals surface area contributed by atoms with Crippen LogP contribution in [0.4, 0.5) is 0 Å². The van der Waals surface area contributed by atoms with Crippen LogP contribution >= 0.6 is 0 Å². The Bertz CT molecular complexity index is 481. The molecule has 102 valence electrons. The summed E-state index contributed by atoms with van der Waals surface area (Å²) < 4.78 is 0. The standard InChI is InChI=1S/C16H21NO2/c18-15(13-6-3-7-13)17-11-16(19)9-8-12-4-1-2-5-14(12)10-16/h1-2,4-5,13,19H,3,6-11H2,(H,17,18). The third kappa shape index (κ3) is 2.66. The number of aryl methyl sites for hydroxylation is 1. The average Bonchev–Trinajstić information content (AvgIpc) is 2.34. The van der Waals surface area contributed by atoms with Gasteiger partial charge in [-0.25, -0.2) is 0 Å². The van der Waals surface area contributed by atoms with Crippen molar-refractivity contribution in [3.05, 3.63) is 35.4 Å². The molecule has 0 aliphatic heterocycles. The Morgan fingerprint density at radius 2 is 2.05 bits per heavy atom. The number of amides is 1. The molecule has 1 unspecified atom stereocenters. The molecular formula is C16H21NO2. The summed E-state index contributed by atoms with van der Waals surface area (Å²) in [4.78, 5) is 11.8. The lowest BCUT2D eigenvalue weighted by Gasteiger charge is -2.34. The minimum absolute atomic E-state index is 0.124. The van der Waals surface area contributed by atoms with Gasteiger partial charge in [-0.1, -0.05) is 30.7 Å². The third-order valence-electron chi connectivity index (χ3n) is 4.57. The van der Waals surface area contributed by atoms with Crippen molar-refractivity contribution in [2.24, 2.45) is 5.92 Å². The second-order valence-corrected chi connectivity index (χ2v) is 6.02. The van der Waals surface area contributed by atoms with Crippen LogP contribution in [0.15, 0.2) is 24.3 Å². The van der Waals surface area contributed by atoms with Gasteiger partial charge in [0.25, 0.3) is 0 Å². The molecule has 0 saturated heterocycles. The van der Waals surface area contributed by atoms with Gasteiger partial charge in [-0.2, -0.15) is 0 Å². The van der Waals surface area contributed by atoms with Gasteiger partial charge in [0, 0.05) is 18.9 Å². The van der Waals surface area contributed by atoms with Crippen molar-refractivity contribution in [2.75, 3.05) is 6.54 Å². The van der Waals surface area contributed by atoms with Crippen LogP contribution in [-0.4, -0.2) is 23.2 Å². The maximum absolute atomic E-state index is 11.8. The van der Waals surface area contributed by atoms with Crippen LogP contribution in [0.3, 0.4) is 0 Å². The van der Waals surface area contributed by atoms with Crippen LogP contribution in [0.2, 0.25) is 0 Å². The quantitative estimate of drug-likeness (QED) is 0.870. The van der Waals surface area contributed by atoms with Gasteiger partial charge in [0.1, 0.15) is 0 Å². The molecule has 1 fully saturated rings. The minimum atomic E-state index is -0.770. The molecule has 0 spiro atoms. The topological polar surface area (TPSA) is 49.3 Å². The predicted molar refractivity (Wildman–Crippen MR) is 73.8 cm³/mol. The highest BCUT2D eigenvalue weighted by Crippen LogP contribution is 2.29. The second-order valence-electron chi connectivity index (χ2n) is 6.02. The zero-order valence-corrected chi connectivity index (χ0v) is 11.2. The highest BCUT2D eigenvalue weighted by molar-refractivity contribution is 5.79. The number of hydrogen-bond donors (Lipinski definition) is 2. The van der Waals surface area contributed by atoms with Crippen LogP contribution in [0.25, 0.3) is 0 Å². The molecular weight excluding hydrogens is 238 g/mol. The van der Waals surface area contributed by atoms with E-state index in [1.165, 1.54) is 11.1 Å². The van der Waals surface area contributed by atoms with E-state index in [0.29, 0.717) is 13.0 Å². The van der Waals surface area contributed by atoms with Gasteiger partial charge in [-0.15, -0.1) is 0 Å². The van der Waals surface area contributed by atoms with Crippen molar-refractivity contribution < 1.29 is 9.90 Å². The largest absolute Gasteiger partial charge is 0.388 e. The average molecular weight is 259 g/mol. The Kier molecular flexibility index (Phi) is 3.31. The molecule has 0 radical (unpaired) electrons. The first-order chi connectivity index (χ1) is 9.16. The summed E-state index contributed by atoms with van der Waals surface area (Å²) in [6.45, 7) is 0.386. The monoisotopic (exact) mass is 259 g/mol. The molecule has 1 amide bonds. The predicted octanol–water partition coefficient (Wildman–Crippen LogP) is 1.82. The van der Waals surface area contributed by atoms with Crippen molar-refractivity contribution >= 4 is 5.91 Å². The minimum Gasteiger partial charge on any atom is -0.388 e. The van der Waals surface area contributed by atoms with E-state index >= 15 is 0 Å². The van der Waals surface area contributed by atoms with Gasteiger partial charge in [0.05, 0.1) is 5.60 Å². The smallest absolute Gasteiger partial charge is 0.223 e. The highest BCUT2D eigenvalue weighted by atomic mass is 16.3.